The molecule has 0 spiro atoms. The van der Waals surface area contributed by atoms with Crippen LogP contribution >= 0.6 is 0 Å². The Labute approximate surface area is 58.9 Å². The van der Waals surface area contributed by atoms with Gasteiger partial charge in [-0.25, -0.2) is 0 Å². The van der Waals surface area contributed by atoms with Crippen LogP contribution in [0, 0.1) is 0 Å². The minimum absolute atomic E-state index is 0.209. The summed E-state index contributed by atoms with van der Waals surface area (Å²) in [5, 5.41) is 0. The lowest BCUT2D eigenvalue weighted by atomic mass is 9.77. The van der Waals surface area contributed by atoms with Gasteiger partial charge in [-0.3, -0.25) is 9.59 Å². The Bertz CT molecular complexity index is 222. The van der Waals surface area contributed by atoms with Gasteiger partial charge in [-0.2, -0.15) is 0 Å². The van der Waals surface area contributed by atoms with E-state index in [2.05, 4.69) is 0 Å². The van der Waals surface area contributed by atoms with Crippen LogP contribution in [0.25, 0.3) is 0 Å². The number of carbonyl (C=O) groups excluding carboxylic acids is 2. The zero-order valence-corrected chi connectivity index (χ0v) is 5.64. The van der Waals surface area contributed by atoms with E-state index >= 15 is 0 Å². The van der Waals surface area contributed by atoms with E-state index in [1.165, 1.54) is 0 Å². The molecule has 2 heteroatoms. The van der Waals surface area contributed by atoms with E-state index in [1.54, 1.807) is 0 Å². The van der Waals surface area contributed by atoms with Gasteiger partial charge in [0.1, 0.15) is 0 Å². The fraction of sp³-hybridized carbons (Fsp3) is 0.500. The molecule has 2 aliphatic carbocycles. The molecule has 0 saturated carbocycles. The van der Waals surface area contributed by atoms with Crippen LogP contribution in [0.2, 0.25) is 0 Å². The van der Waals surface area contributed by atoms with Gasteiger partial charge in [0.2, 0.25) is 0 Å². The summed E-state index contributed by atoms with van der Waals surface area (Å²) in [6, 6.07) is 0. The topological polar surface area (TPSA) is 34.1 Å². The number of allylic oxidation sites excluding steroid dienone is 2. The molecular formula is C8H8O2. The van der Waals surface area contributed by atoms with Crippen molar-refractivity contribution in [2.75, 3.05) is 0 Å². The van der Waals surface area contributed by atoms with E-state index in [0.717, 1.165) is 24.0 Å². The van der Waals surface area contributed by atoms with Gasteiger partial charge in [0.05, 0.1) is 0 Å². The van der Waals surface area contributed by atoms with Gasteiger partial charge in [-0.1, -0.05) is 0 Å². The first-order valence-electron chi connectivity index (χ1n) is 3.57. The molecular weight excluding hydrogens is 128 g/mol. The van der Waals surface area contributed by atoms with E-state index < -0.39 is 0 Å². The molecule has 0 aromatic carbocycles. The number of hydrogen-bond donors (Lipinski definition) is 0. The number of ketones is 2. The second-order valence-electron chi connectivity index (χ2n) is 2.80. The second kappa shape index (κ2) is 1.78. The third-order valence-electron chi connectivity index (χ3n) is 2.24. The van der Waals surface area contributed by atoms with Crippen LogP contribution in [0.1, 0.15) is 25.7 Å². The molecule has 0 heterocycles. The largest absolute Gasteiger partial charge is 0.295 e. The Hall–Kier alpha value is -0.920. The molecule has 2 aliphatic rings. The summed E-state index contributed by atoms with van der Waals surface area (Å²) in [6.45, 7) is 0. The minimum atomic E-state index is 0.209. The first-order valence-corrected chi connectivity index (χ1v) is 3.57. The summed E-state index contributed by atoms with van der Waals surface area (Å²) in [5.74, 6) is 0.418. The Morgan fingerprint density at radius 2 is 1.10 bits per heavy atom. The van der Waals surface area contributed by atoms with E-state index in [-0.39, 0.29) is 11.6 Å². The molecule has 2 rings (SSSR count). The Balaban J connectivity index is 2.42. The zero-order valence-electron chi connectivity index (χ0n) is 5.64. The molecule has 0 aromatic heterocycles. The van der Waals surface area contributed by atoms with Crippen LogP contribution in [0.3, 0.4) is 0 Å². The molecule has 0 fully saturated rings. The Morgan fingerprint density at radius 1 is 0.700 bits per heavy atom. The summed E-state index contributed by atoms with van der Waals surface area (Å²) in [6.07, 6.45) is 2.61. The van der Waals surface area contributed by atoms with Gasteiger partial charge in [-0.05, 0) is 12.8 Å². The molecule has 10 heavy (non-hydrogen) atoms. The van der Waals surface area contributed by atoms with Crippen LogP contribution in [0.15, 0.2) is 11.1 Å². The molecule has 0 bridgehead atoms. The molecule has 0 unspecified atom stereocenters. The normalized spacial score (nSPS) is 24.4. The number of rotatable bonds is 0. The van der Waals surface area contributed by atoms with Crippen LogP contribution in [-0.2, 0) is 9.59 Å². The van der Waals surface area contributed by atoms with Crippen molar-refractivity contribution >= 4 is 11.6 Å². The third kappa shape index (κ3) is 0.589. The molecule has 52 valence electrons. The Kier molecular flexibility index (Phi) is 1.04. The molecule has 0 atom stereocenters. The summed E-state index contributed by atoms with van der Waals surface area (Å²) in [4.78, 5) is 22.0. The number of Topliss-reactive ketones (excluding diaryl/α,β-unsaturated/α-hetero) is 2. The molecule has 0 aromatic rings. The first kappa shape index (κ1) is 5.83. The van der Waals surface area contributed by atoms with Crippen molar-refractivity contribution in [2.24, 2.45) is 0 Å². The van der Waals surface area contributed by atoms with Crippen molar-refractivity contribution in [2.45, 2.75) is 25.7 Å². The van der Waals surface area contributed by atoms with Crippen LogP contribution in [-0.4, -0.2) is 11.6 Å². The number of carbonyl (C=O) groups is 2. The van der Waals surface area contributed by atoms with Crippen molar-refractivity contribution < 1.29 is 9.59 Å². The van der Waals surface area contributed by atoms with Gasteiger partial charge >= 0.3 is 0 Å². The Morgan fingerprint density at radius 3 is 1.40 bits per heavy atom. The highest BCUT2D eigenvalue weighted by Gasteiger charge is 2.31. The molecule has 0 amide bonds. The van der Waals surface area contributed by atoms with Crippen molar-refractivity contribution in [1.29, 1.82) is 0 Å². The minimum Gasteiger partial charge on any atom is -0.295 e. The number of hydrogen-bond acceptors (Lipinski definition) is 2. The van der Waals surface area contributed by atoms with E-state index in [1.807, 2.05) is 0 Å². The van der Waals surface area contributed by atoms with Crippen molar-refractivity contribution in [1.82, 2.24) is 0 Å². The summed E-state index contributed by atoms with van der Waals surface area (Å²) >= 11 is 0. The fourth-order valence-corrected chi connectivity index (χ4v) is 1.52. The maximum Gasteiger partial charge on any atom is 0.159 e. The lowest BCUT2D eigenvalue weighted by Gasteiger charge is -2.25. The van der Waals surface area contributed by atoms with Crippen molar-refractivity contribution in [3.8, 4) is 0 Å². The van der Waals surface area contributed by atoms with Gasteiger partial charge in [0, 0.05) is 24.0 Å². The monoisotopic (exact) mass is 136 g/mol. The molecule has 0 aliphatic heterocycles. The molecule has 0 N–H and O–H groups in total. The fourth-order valence-electron chi connectivity index (χ4n) is 1.52. The van der Waals surface area contributed by atoms with Gasteiger partial charge in [-0.15, -0.1) is 0 Å². The van der Waals surface area contributed by atoms with Crippen LogP contribution in [0.4, 0.5) is 0 Å². The summed E-state index contributed by atoms with van der Waals surface area (Å²) in [5.41, 5.74) is 1.66. The van der Waals surface area contributed by atoms with Gasteiger partial charge in [0.25, 0.3) is 0 Å². The second-order valence-corrected chi connectivity index (χ2v) is 2.80. The van der Waals surface area contributed by atoms with Gasteiger partial charge in [0.15, 0.2) is 11.6 Å². The average molecular weight is 136 g/mol. The van der Waals surface area contributed by atoms with Crippen LogP contribution < -0.4 is 0 Å². The van der Waals surface area contributed by atoms with E-state index in [4.69, 9.17) is 0 Å². The predicted octanol–water partition coefficient (Wildman–Crippen LogP) is 1.01. The molecule has 0 saturated heterocycles. The molecule has 2 nitrogen and oxygen atoms in total. The lowest BCUT2D eigenvalue weighted by Crippen LogP contribution is -2.25. The van der Waals surface area contributed by atoms with Crippen LogP contribution in [0.5, 0.6) is 0 Å². The highest BCUT2D eigenvalue weighted by atomic mass is 16.1. The predicted molar refractivity (Wildman–Crippen MR) is 35.5 cm³/mol. The SMILES string of the molecule is O=C1CCC(=O)C2=C1CC2. The maximum absolute atomic E-state index is 11.0. The average Bonchev–Trinajstić information content (AvgIpc) is 1.78. The zero-order chi connectivity index (χ0) is 7.14. The maximum atomic E-state index is 11.0. The van der Waals surface area contributed by atoms with Crippen molar-refractivity contribution in [3.63, 3.8) is 0 Å². The smallest absolute Gasteiger partial charge is 0.159 e. The van der Waals surface area contributed by atoms with Crippen molar-refractivity contribution in [3.05, 3.63) is 11.1 Å². The standard InChI is InChI=1S/C8H8O2/c9-7-3-4-8(10)6-2-1-5(6)7/h1-4H2. The quantitative estimate of drug-likeness (QED) is 0.498. The summed E-state index contributed by atoms with van der Waals surface area (Å²) < 4.78 is 0. The lowest BCUT2D eigenvalue weighted by molar-refractivity contribution is -0.123. The van der Waals surface area contributed by atoms with E-state index in [9.17, 15) is 9.59 Å². The van der Waals surface area contributed by atoms with Gasteiger partial charge < -0.3 is 0 Å². The third-order valence-corrected chi connectivity index (χ3v) is 2.24. The summed E-state index contributed by atoms with van der Waals surface area (Å²) in [7, 11) is 0. The molecule has 0 radical (unpaired) electrons. The highest BCUT2D eigenvalue weighted by Crippen LogP contribution is 2.34. The first-order chi connectivity index (χ1) is 4.79. The highest BCUT2D eigenvalue weighted by molar-refractivity contribution is 6.13. The van der Waals surface area contributed by atoms with E-state index in [0.29, 0.717) is 12.8 Å².